The first-order valence-electron chi connectivity index (χ1n) is 8.34. The van der Waals surface area contributed by atoms with E-state index >= 15 is 0 Å². The molecule has 7 heteroatoms. The van der Waals surface area contributed by atoms with Crippen LogP contribution in [0.1, 0.15) is 21.9 Å². The highest BCUT2D eigenvalue weighted by molar-refractivity contribution is 6.03. The number of carbonyl (C=O) groups excluding carboxylic acids is 1. The second-order valence-corrected chi connectivity index (χ2v) is 5.79. The maximum Gasteiger partial charge on any atom is 0.274 e. The van der Waals surface area contributed by atoms with Crippen molar-refractivity contribution in [1.29, 1.82) is 0 Å². The zero-order valence-corrected chi connectivity index (χ0v) is 15.0. The lowest BCUT2D eigenvalue weighted by atomic mass is 10.2. The SMILES string of the molecule is COc1ccccc1CNc1cc(C(=O)Nc2ccccc2F)nc(C)n1. The normalized spacial score (nSPS) is 10.3. The molecule has 2 N–H and O–H groups in total. The third kappa shape index (κ3) is 4.58. The minimum absolute atomic E-state index is 0.0993. The smallest absolute Gasteiger partial charge is 0.274 e. The summed E-state index contributed by atoms with van der Waals surface area (Å²) in [6.07, 6.45) is 0. The Morgan fingerprint density at radius 3 is 2.63 bits per heavy atom. The number of aromatic nitrogens is 2. The van der Waals surface area contributed by atoms with E-state index < -0.39 is 11.7 Å². The summed E-state index contributed by atoms with van der Waals surface area (Å²) < 4.78 is 19.1. The molecule has 1 aromatic heterocycles. The van der Waals surface area contributed by atoms with E-state index in [9.17, 15) is 9.18 Å². The van der Waals surface area contributed by atoms with Crippen LogP contribution in [0.5, 0.6) is 5.75 Å². The lowest BCUT2D eigenvalue weighted by Crippen LogP contribution is -2.16. The average molecular weight is 366 g/mol. The van der Waals surface area contributed by atoms with E-state index in [0.717, 1.165) is 11.3 Å². The van der Waals surface area contributed by atoms with Gasteiger partial charge in [0.15, 0.2) is 0 Å². The summed E-state index contributed by atoms with van der Waals surface area (Å²) in [7, 11) is 1.61. The predicted molar refractivity (Wildman–Crippen MR) is 101 cm³/mol. The molecular weight excluding hydrogens is 347 g/mol. The van der Waals surface area contributed by atoms with E-state index in [0.29, 0.717) is 18.2 Å². The third-order valence-corrected chi connectivity index (χ3v) is 3.85. The maximum absolute atomic E-state index is 13.7. The number of nitrogens with one attached hydrogen (secondary N) is 2. The van der Waals surface area contributed by atoms with Gasteiger partial charge in [-0.2, -0.15) is 0 Å². The van der Waals surface area contributed by atoms with E-state index in [1.807, 2.05) is 24.3 Å². The van der Waals surface area contributed by atoms with Gasteiger partial charge in [-0.3, -0.25) is 4.79 Å². The van der Waals surface area contributed by atoms with Gasteiger partial charge in [0.25, 0.3) is 5.91 Å². The van der Waals surface area contributed by atoms with Crippen molar-refractivity contribution in [2.24, 2.45) is 0 Å². The standard InChI is InChI=1S/C20H19FN4O2/c1-13-23-17(20(26)25-16-9-5-4-8-15(16)21)11-19(24-13)22-12-14-7-3-6-10-18(14)27-2/h3-11H,12H2,1-2H3,(H,25,26)(H,22,23,24). The molecule has 0 aliphatic heterocycles. The van der Waals surface area contributed by atoms with Crippen LogP contribution < -0.4 is 15.4 Å². The predicted octanol–water partition coefficient (Wildman–Crippen LogP) is 3.80. The minimum Gasteiger partial charge on any atom is -0.496 e. The number of hydrogen-bond acceptors (Lipinski definition) is 5. The van der Waals surface area contributed by atoms with Crippen molar-refractivity contribution in [2.75, 3.05) is 17.7 Å². The van der Waals surface area contributed by atoms with Crippen molar-refractivity contribution in [3.05, 3.63) is 77.5 Å². The average Bonchev–Trinajstić information content (AvgIpc) is 2.68. The van der Waals surface area contributed by atoms with E-state index in [1.54, 1.807) is 26.2 Å². The van der Waals surface area contributed by atoms with Crippen LogP contribution in [0.4, 0.5) is 15.9 Å². The molecule has 0 fully saturated rings. The number of rotatable bonds is 6. The van der Waals surface area contributed by atoms with Crippen LogP contribution in [0, 0.1) is 12.7 Å². The Bertz CT molecular complexity index is 962. The summed E-state index contributed by atoms with van der Waals surface area (Å²) in [5.41, 5.74) is 1.20. The number of carbonyl (C=O) groups is 1. The second-order valence-electron chi connectivity index (χ2n) is 5.79. The van der Waals surface area contributed by atoms with Crippen LogP contribution in [0.15, 0.2) is 54.6 Å². The molecular formula is C20H19FN4O2. The molecule has 138 valence electrons. The summed E-state index contributed by atoms with van der Waals surface area (Å²) in [4.78, 5) is 20.9. The Hall–Kier alpha value is -3.48. The van der Waals surface area contributed by atoms with Crippen molar-refractivity contribution in [1.82, 2.24) is 9.97 Å². The summed E-state index contributed by atoms with van der Waals surface area (Å²) in [6.45, 7) is 2.16. The van der Waals surface area contributed by atoms with E-state index in [1.165, 1.54) is 18.2 Å². The molecule has 0 aliphatic rings. The summed E-state index contributed by atoms with van der Waals surface area (Å²) in [5.74, 6) is 0.663. The fourth-order valence-corrected chi connectivity index (χ4v) is 2.56. The molecule has 0 saturated heterocycles. The van der Waals surface area contributed by atoms with Crippen LogP contribution >= 0.6 is 0 Å². The molecule has 0 aliphatic carbocycles. The van der Waals surface area contributed by atoms with Crippen molar-refractivity contribution >= 4 is 17.4 Å². The molecule has 0 saturated carbocycles. The Kier molecular flexibility index (Phi) is 5.61. The van der Waals surface area contributed by atoms with E-state index in [4.69, 9.17) is 4.74 Å². The van der Waals surface area contributed by atoms with Gasteiger partial charge in [-0.25, -0.2) is 14.4 Å². The number of aryl methyl sites for hydroxylation is 1. The Labute approximate surface area is 156 Å². The lowest BCUT2D eigenvalue weighted by molar-refractivity contribution is 0.102. The molecule has 0 spiro atoms. The Balaban J connectivity index is 1.76. The molecule has 0 atom stereocenters. The summed E-state index contributed by atoms with van der Waals surface area (Å²) in [6, 6.07) is 15.1. The summed E-state index contributed by atoms with van der Waals surface area (Å²) >= 11 is 0. The number of halogens is 1. The number of anilines is 2. The van der Waals surface area contributed by atoms with E-state index in [-0.39, 0.29) is 11.4 Å². The number of amides is 1. The molecule has 3 rings (SSSR count). The fourth-order valence-electron chi connectivity index (χ4n) is 2.56. The highest BCUT2D eigenvalue weighted by Crippen LogP contribution is 2.19. The van der Waals surface area contributed by atoms with Gasteiger partial charge in [0, 0.05) is 18.2 Å². The van der Waals surface area contributed by atoms with Crippen molar-refractivity contribution in [3.8, 4) is 5.75 Å². The largest absolute Gasteiger partial charge is 0.496 e. The van der Waals surface area contributed by atoms with Gasteiger partial charge in [-0.05, 0) is 25.1 Å². The van der Waals surface area contributed by atoms with Gasteiger partial charge < -0.3 is 15.4 Å². The maximum atomic E-state index is 13.7. The van der Waals surface area contributed by atoms with Crippen LogP contribution in [0.3, 0.4) is 0 Å². The van der Waals surface area contributed by atoms with Crippen molar-refractivity contribution in [3.63, 3.8) is 0 Å². The molecule has 6 nitrogen and oxygen atoms in total. The number of para-hydroxylation sites is 2. The number of hydrogen-bond donors (Lipinski definition) is 2. The van der Waals surface area contributed by atoms with E-state index in [2.05, 4.69) is 20.6 Å². The molecule has 0 unspecified atom stereocenters. The Morgan fingerprint density at radius 2 is 1.85 bits per heavy atom. The van der Waals surface area contributed by atoms with Crippen molar-refractivity contribution in [2.45, 2.75) is 13.5 Å². The van der Waals surface area contributed by atoms with Gasteiger partial charge in [-0.15, -0.1) is 0 Å². The zero-order valence-electron chi connectivity index (χ0n) is 15.0. The van der Waals surface area contributed by atoms with Crippen LogP contribution in [-0.2, 0) is 6.54 Å². The van der Waals surface area contributed by atoms with Gasteiger partial charge >= 0.3 is 0 Å². The monoisotopic (exact) mass is 366 g/mol. The first-order valence-corrected chi connectivity index (χ1v) is 8.34. The lowest BCUT2D eigenvalue weighted by Gasteiger charge is -2.11. The van der Waals surface area contributed by atoms with Gasteiger partial charge in [-0.1, -0.05) is 30.3 Å². The first-order chi connectivity index (χ1) is 13.1. The molecule has 0 bridgehead atoms. The number of nitrogens with zero attached hydrogens (tertiary/aromatic N) is 2. The van der Waals surface area contributed by atoms with Gasteiger partial charge in [0.1, 0.15) is 28.9 Å². The fraction of sp³-hybridized carbons (Fsp3) is 0.150. The number of methoxy groups -OCH3 is 1. The van der Waals surface area contributed by atoms with Gasteiger partial charge in [0.05, 0.1) is 12.8 Å². The highest BCUT2D eigenvalue weighted by atomic mass is 19.1. The van der Waals surface area contributed by atoms with Gasteiger partial charge in [0.2, 0.25) is 0 Å². The van der Waals surface area contributed by atoms with Crippen LogP contribution in [0.25, 0.3) is 0 Å². The highest BCUT2D eigenvalue weighted by Gasteiger charge is 2.13. The molecule has 3 aromatic rings. The van der Waals surface area contributed by atoms with Crippen LogP contribution in [0.2, 0.25) is 0 Å². The molecule has 27 heavy (non-hydrogen) atoms. The third-order valence-electron chi connectivity index (χ3n) is 3.85. The Morgan fingerprint density at radius 1 is 1.11 bits per heavy atom. The molecule has 2 aromatic carbocycles. The number of benzene rings is 2. The minimum atomic E-state index is -0.508. The topological polar surface area (TPSA) is 76.1 Å². The zero-order chi connectivity index (χ0) is 19.2. The first kappa shape index (κ1) is 18.3. The van der Waals surface area contributed by atoms with Crippen molar-refractivity contribution < 1.29 is 13.9 Å². The van der Waals surface area contributed by atoms with Crippen LogP contribution in [-0.4, -0.2) is 23.0 Å². The molecule has 1 amide bonds. The summed E-state index contributed by atoms with van der Waals surface area (Å²) in [5, 5.41) is 5.68. The second kappa shape index (κ2) is 8.27. The molecule has 0 radical (unpaired) electrons. The molecule has 1 heterocycles. The number of ether oxygens (including phenoxy) is 1. The quantitative estimate of drug-likeness (QED) is 0.694.